The summed E-state index contributed by atoms with van der Waals surface area (Å²) in [7, 11) is 0. The molecule has 18 heavy (non-hydrogen) atoms. The van der Waals surface area contributed by atoms with Gasteiger partial charge >= 0.3 is 0 Å². The second-order valence-corrected chi connectivity index (χ2v) is 5.20. The van der Waals surface area contributed by atoms with Gasteiger partial charge in [0.1, 0.15) is 5.82 Å². The summed E-state index contributed by atoms with van der Waals surface area (Å²) in [4.78, 5) is 11.7. The molecule has 0 radical (unpaired) electrons. The third kappa shape index (κ3) is 3.06. The molecule has 0 bridgehead atoms. The lowest BCUT2D eigenvalue weighted by Gasteiger charge is -2.33. The highest BCUT2D eigenvalue weighted by molar-refractivity contribution is 5.09. The Bertz CT molecular complexity index is 372. The van der Waals surface area contributed by atoms with Crippen LogP contribution < -0.4 is 5.32 Å². The summed E-state index contributed by atoms with van der Waals surface area (Å²) in [6.45, 7) is 10.9. The number of hydrogen-bond acceptors (Lipinski definition) is 4. The van der Waals surface area contributed by atoms with Gasteiger partial charge in [-0.15, -0.1) is 0 Å². The van der Waals surface area contributed by atoms with Gasteiger partial charge in [-0.25, -0.2) is 9.97 Å². The van der Waals surface area contributed by atoms with E-state index in [0.717, 1.165) is 44.1 Å². The predicted octanol–water partition coefficient (Wildman–Crippen LogP) is 1.96. The van der Waals surface area contributed by atoms with Crippen molar-refractivity contribution in [2.24, 2.45) is 0 Å². The first-order chi connectivity index (χ1) is 8.72. The molecule has 1 aliphatic heterocycles. The highest BCUT2D eigenvalue weighted by Gasteiger charge is 2.23. The first kappa shape index (κ1) is 13.4. The highest BCUT2D eigenvalue weighted by Crippen LogP contribution is 2.22. The van der Waals surface area contributed by atoms with Gasteiger partial charge in [0.15, 0.2) is 0 Å². The minimum absolute atomic E-state index is 0.366. The van der Waals surface area contributed by atoms with Crippen molar-refractivity contribution in [2.75, 3.05) is 26.2 Å². The summed E-state index contributed by atoms with van der Waals surface area (Å²) in [6.07, 6.45) is 2.98. The van der Waals surface area contributed by atoms with Crippen LogP contribution in [0.3, 0.4) is 0 Å². The van der Waals surface area contributed by atoms with E-state index in [1.165, 1.54) is 0 Å². The van der Waals surface area contributed by atoms with Gasteiger partial charge in [-0.05, 0) is 18.4 Å². The summed E-state index contributed by atoms with van der Waals surface area (Å²) in [6, 6.07) is 2.39. The van der Waals surface area contributed by atoms with Crippen LogP contribution in [0, 0.1) is 0 Å². The third-order valence-electron chi connectivity index (χ3n) is 3.56. The zero-order chi connectivity index (χ0) is 13.0. The molecule has 4 nitrogen and oxygen atoms in total. The van der Waals surface area contributed by atoms with Crippen molar-refractivity contribution in [3.05, 3.63) is 23.8 Å². The summed E-state index contributed by atoms with van der Waals surface area (Å²) < 4.78 is 0. The number of hydrogen-bond donors (Lipinski definition) is 1. The molecule has 1 unspecified atom stereocenters. The lowest BCUT2D eigenvalue weighted by atomic mass is 10.1. The molecular formula is C14H24N4. The van der Waals surface area contributed by atoms with E-state index < -0.39 is 0 Å². The molecule has 0 saturated carbocycles. The molecule has 4 heteroatoms. The number of nitrogens with zero attached hydrogens (tertiary/aromatic N) is 3. The average Bonchev–Trinajstić information content (AvgIpc) is 2.41. The van der Waals surface area contributed by atoms with Crippen molar-refractivity contribution >= 4 is 0 Å². The Kier molecular flexibility index (Phi) is 4.66. The Morgan fingerprint density at radius 1 is 1.33 bits per heavy atom. The molecule has 100 valence electrons. The van der Waals surface area contributed by atoms with Gasteiger partial charge < -0.3 is 5.32 Å². The van der Waals surface area contributed by atoms with E-state index in [1.54, 1.807) is 0 Å². The number of nitrogens with one attached hydrogen (secondary N) is 1. The van der Waals surface area contributed by atoms with Crippen molar-refractivity contribution < 1.29 is 0 Å². The fourth-order valence-electron chi connectivity index (χ4n) is 2.47. The molecule has 1 aromatic rings. The van der Waals surface area contributed by atoms with Crippen LogP contribution in [0.1, 0.15) is 50.7 Å². The zero-order valence-electron chi connectivity index (χ0n) is 11.7. The van der Waals surface area contributed by atoms with Crippen LogP contribution in [0.25, 0.3) is 0 Å². The van der Waals surface area contributed by atoms with E-state index in [0.29, 0.717) is 12.0 Å². The summed E-state index contributed by atoms with van der Waals surface area (Å²) in [5.41, 5.74) is 1.15. The summed E-state index contributed by atoms with van der Waals surface area (Å²) in [5.74, 6) is 1.46. The second-order valence-electron chi connectivity index (χ2n) is 5.20. The fourth-order valence-corrected chi connectivity index (χ4v) is 2.47. The number of piperazine rings is 1. The molecule has 1 N–H and O–H groups in total. The molecule has 1 aromatic heterocycles. The molecule has 0 spiro atoms. The molecule has 0 amide bonds. The topological polar surface area (TPSA) is 41.1 Å². The normalized spacial score (nSPS) is 19.1. The molecule has 1 fully saturated rings. The van der Waals surface area contributed by atoms with Gasteiger partial charge in [-0.1, -0.05) is 20.8 Å². The first-order valence-electron chi connectivity index (χ1n) is 7.00. The quantitative estimate of drug-likeness (QED) is 0.884. The smallest absolute Gasteiger partial charge is 0.145 e. The largest absolute Gasteiger partial charge is 0.314 e. The molecule has 1 aliphatic rings. The van der Waals surface area contributed by atoms with Gasteiger partial charge in [0.25, 0.3) is 0 Å². The Labute approximate surface area is 110 Å². The van der Waals surface area contributed by atoms with Crippen molar-refractivity contribution in [1.29, 1.82) is 0 Å². The molecule has 1 atom stereocenters. The molecule has 1 saturated heterocycles. The first-order valence-corrected chi connectivity index (χ1v) is 7.00. The SMILES string of the molecule is CCC(c1nccc(C(C)C)n1)N1CCNCC1. The number of rotatable bonds is 4. The maximum Gasteiger partial charge on any atom is 0.145 e. The van der Waals surface area contributed by atoms with Crippen molar-refractivity contribution in [3.8, 4) is 0 Å². The summed E-state index contributed by atoms with van der Waals surface area (Å²) in [5, 5.41) is 3.39. The Balaban J connectivity index is 2.18. The minimum atomic E-state index is 0.366. The Morgan fingerprint density at radius 2 is 2.06 bits per heavy atom. The minimum Gasteiger partial charge on any atom is -0.314 e. The van der Waals surface area contributed by atoms with Crippen LogP contribution >= 0.6 is 0 Å². The maximum atomic E-state index is 4.75. The van der Waals surface area contributed by atoms with Crippen LogP contribution in [0.4, 0.5) is 0 Å². The number of aromatic nitrogens is 2. The van der Waals surface area contributed by atoms with Crippen LogP contribution in [0.15, 0.2) is 12.3 Å². The van der Waals surface area contributed by atoms with Crippen LogP contribution in [-0.4, -0.2) is 41.0 Å². The van der Waals surface area contributed by atoms with Crippen molar-refractivity contribution in [1.82, 2.24) is 20.2 Å². The van der Waals surface area contributed by atoms with Gasteiger partial charge in [-0.2, -0.15) is 0 Å². The van der Waals surface area contributed by atoms with Crippen molar-refractivity contribution in [2.45, 2.75) is 39.2 Å². The monoisotopic (exact) mass is 248 g/mol. The van der Waals surface area contributed by atoms with E-state index in [4.69, 9.17) is 4.98 Å². The molecule has 0 aromatic carbocycles. The van der Waals surface area contributed by atoms with Crippen LogP contribution in [0.5, 0.6) is 0 Å². The van der Waals surface area contributed by atoms with Gasteiger partial charge in [0, 0.05) is 38.1 Å². The average molecular weight is 248 g/mol. The predicted molar refractivity (Wildman–Crippen MR) is 73.6 cm³/mol. The van der Waals surface area contributed by atoms with Crippen LogP contribution in [0.2, 0.25) is 0 Å². The highest BCUT2D eigenvalue weighted by atomic mass is 15.2. The fraction of sp³-hybridized carbons (Fsp3) is 0.714. The Morgan fingerprint density at radius 3 is 2.67 bits per heavy atom. The van der Waals surface area contributed by atoms with E-state index in [2.05, 4.69) is 36.0 Å². The van der Waals surface area contributed by atoms with Gasteiger partial charge in [-0.3, -0.25) is 4.90 Å². The van der Waals surface area contributed by atoms with E-state index in [-0.39, 0.29) is 0 Å². The third-order valence-corrected chi connectivity index (χ3v) is 3.56. The van der Waals surface area contributed by atoms with E-state index in [1.807, 2.05) is 12.3 Å². The molecule has 2 rings (SSSR count). The standard InChI is InChI=1S/C14H24N4/c1-4-13(18-9-7-15-8-10-18)14-16-6-5-12(17-14)11(2)3/h5-6,11,13,15H,4,7-10H2,1-3H3. The molecular weight excluding hydrogens is 224 g/mol. The second kappa shape index (κ2) is 6.25. The molecule has 0 aliphatic carbocycles. The van der Waals surface area contributed by atoms with E-state index >= 15 is 0 Å². The lowest BCUT2D eigenvalue weighted by molar-refractivity contribution is 0.162. The Hall–Kier alpha value is -1.00. The van der Waals surface area contributed by atoms with Crippen LogP contribution in [-0.2, 0) is 0 Å². The van der Waals surface area contributed by atoms with Gasteiger partial charge in [0.05, 0.1) is 6.04 Å². The maximum absolute atomic E-state index is 4.75. The summed E-state index contributed by atoms with van der Waals surface area (Å²) >= 11 is 0. The van der Waals surface area contributed by atoms with E-state index in [9.17, 15) is 0 Å². The van der Waals surface area contributed by atoms with Gasteiger partial charge in [0.2, 0.25) is 0 Å². The zero-order valence-corrected chi connectivity index (χ0v) is 11.7. The van der Waals surface area contributed by atoms with Crippen molar-refractivity contribution in [3.63, 3.8) is 0 Å². The lowest BCUT2D eigenvalue weighted by Crippen LogP contribution is -2.45. The molecule has 2 heterocycles.